The molecule has 0 aromatic heterocycles. The van der Waals surface area contributed by atoms with Crippen LogP contribution in [0.2, 0.25) is 0 Å². The second kappa shape index (κ2) is 7.02. The Morgan fingerprint density at radius 2 is 1.24 bits per heavy atom. The van der Waals surface area contributed by atoms with Crippen LogP contribution in [0.25, 0.3) is 11.1 Å². The normalized spacial score (nSPS) is 9.81. The van der Waals surface area contributed by atoms with Crippen LogP contribution in [-0.2, 0) is 0 Å². The third kappa shape index (κ3) is 3.48. The van der Waals surface area contributed by atoms with Gasteiger partial charge in [0.1, 0.15) is 5.75 Å². The van der Waals surface area contributed by atoms with Crippen LogP contribution in [-0.4, -0.2) is 17.3 Å². The zero-order chi connectivity index (χ0) is 16.2. The fraction of sp³-hybridized carbons (Fsp3) is 0.333. The van der Waals surface area contributed by atoms with Crippen molar-refractivity contribution in [3.05, 3.63) is 41.0 Å². The Kier molecular flexibility index (Phi) is 5.65. The summed E-state index contributed by atoms with van der Waals surface area (Å²) < 4.78 is 5.16. The first-order valence-corrected chi connectivity index (χ1v) is 7.12. The summed E-state index contributed by atoms with van der Waals surface area (Å²) in [7, 11) is 1.51. The van der Waals surface area contributed by atoms with Crippen LogP contribution in [0.5, 0.6) is 17.2 Å². The maximum absolute atomic E-state index is 10.2. The molecule has 0 saturated heterocycles. The molecule has 0 amide bonds. The van der Waals surface area contributed by atoms with Crippen molar-refractivity contribution in [3.8, 4) is 28.4 Å². The van der Waals surface area contributed by atoms with E-state index >= 15 is 0 Å². The highest BCUT2D eigenvalue weighted by Crippen LogP contribution is 2.42. The molecule has 0 spiro atoms. The monoisotopic (exact) mass is 288 g/mol. The number of phenolic OH excluding ortho intramolecular Hbond substituents is 2. The molecule has 0 atom stereocenters. The highest BCUT2D eigenvalue weighted by Gasteiger charge is 2.15. The molecule has 0 heterocycles. The van der Waals surface area contributed by atoms with Gasteiger partial charge in [0.2, 0.25) is 0 Å². The maximum Gasteiger partial charge on any atom is 0.165 e. The third-order valence-electron chi connectivity index (χ3n) is 3.17. The van der Waals surface area contributed by atoms with Crippen LogP contribution in [0.15, 0.2) is 24.3 Å². The summed E-state index contributed by atoms with van der Waals surface area (Å²) in [6.45, 7) is 9.72. The van der Waals surface area contributed by atoms with Gasteiger partial charge < -0.3 is 14.9 Å². The van der Waals surface area contributed by atoms with Crippen LogP contribution in [0.1, 0.15) is 30.5 Å². The lowest BCUT2D eigenvalue weighted by atomic mass is 9.97. The van der Waals surface area contributed by atoms with E-state index in [1.54, 1.807) is 6.07 Å². The van der Waals surface area contributed by atoms with Crippen molar-refractivity contribution >= 4 is 0 Å². The van der Waals surface area contributed by atoms with Gasteiger partial charge in [0, 0.05) is 11.1 Å². The predicted molar refractivity (Wildman–Crippen MR) is 87.3 cm³/mol. The number of ether oxygens (including phenoxy) is 1. The average molecular weight is 288 g/mol. The van der Waals surface area contributed by atoms with E-state index in [2.05, 4.69) is 0 Å². The minimum absolute atomic E-state index is 0.0494. The highest BCUT2D eigenvalue weighted by molar-refractivity contribution is 5.79. The molecule has 0 saturated carbocycles. The first kappa shape index (κ1) is 16.9. The number of hydrogen-bond acceptors (Lipinski definition) is 3. The predicted octanol–water partition coefficient (Wildman–Crippen LogP) is 4.72. The molecule has 0 radical (unpaired) electrons. The Balaban J connectivity index is 0.00000106. The second-order valence-corrected chi connectivity index (χ2v) is 4.84. The lowest BCUT2D eigenvalue weighted by Gasteiger charge is -2.14. The molecular weight excluding hydrogens is 264 g/mol. The van der Waals surface area contributed by atoms with Crippen molar-refractivity contribution in [2.75, 3.05) is 7.11 Å². The Bertz CT molecular complexity index is 631. The smallest absolute Gasteiger partial charge is 0.165 e. The highest BCUT2D eigenvalue weighted by atomic mass is 16.5. The Morgan fingerprint density at radius 3 is 1.76 bits per heavy atom. The summed E-state index contributed by atoms with van der Waals surface area (Å²) in [4.78, 5) is 0. The van der Waals surface area contributed by atoms with Crippen LogP contribution in [0, 0.1) is 20.8 Å². The largest absolute Gasteiger partial charge is 0.507 e. The van der Waals surface area contributed by atoms with Crippen LogP contribution in [0.3, 0.4) is 0 Å². The van der Waals surface area contributed by atoms with E-state index in [-0.39, 0.29) is 11.5 Å². The maximum atomic E-state index is 10.2. The minimum Gasteiger partial charge on any atom is -0.507 e. The molecule has 2 rings (SSSR count). The molecule has 2 aromatic rings. The number of benzene rings is 2. The van der Waals surface area contributed by atoms with Gasteiger partial charge in [0.25, 0.3) is 0 Å². The van der Waals surface area contributed by atoms with E-state index in [9.17, 15) is 10.2 Å². The van der Waals surface area contributed by atoms with E-state index in [1.807, 2.05) is 52.8 Å². The molecular formula is C18H24O3. The van der Waals surface area contributed by atoms with Crippen molar-refractivity contribution in [2.24, 2.45) is 0 Å². The molecule has 0 aliphatic rings. The molecule has 21 heavy (non-hydrogen) atoms. The first-order valence-electron chi connectivity index (χ1n) is 7.12. The fourth-order valence-corrected chi connectivity index (χ4v) is 2.27. The lowest BCUT2D eigenvalue weighted by molar-refractivity contribution is 0.374. The minimum atomic E-state index is 0.0494. The van der Waals surface area contributed by atoms with E-state index in [1.165, 1.54) is 7.11 Å². The number of rotatable bonds is 2. The van der Waals surface area contributed by atoms with E-state index < -0.39 is 0 Å². The average Bonchev–Trinajstić information content (AvgIpc) is 2.47. The van der Waals surface area contributed by atoms with Crippen molar-refractivity contribution in [1.29, 1.82) is 0 Å². The SMILES string of the molecule is CC.COc1cc(C)cc(-c2cc(C)cc(C)c2O)c1O. The number of hydrogen-bond donors (Lipinski definition) is 2. The summed E-state index contributed by atoms with van der Waals surface area (Å²) in [5, 5.41) is 20.4. The summed E-state index contributed by atoms with van der Waals surface area (Å²) in [5.74, 6) is 0.649. The molecule has 0 fully saturated rings. The van der Waals surface area contributed by atoms with Crippen molar-refractivity contribution in [3.63, 3.8) is 0 Å². The van der Waals surface area contributed by atoms with Crippen LogP contribution < -0.4 is 4.74 Å². The first-order chi connectivity index (χ1) is 9.93. The lowest BCUT2D eigenvalue weighted by Crippen LogP contribution is -1.91. The van der Waals surface area contributed by atoms with Gasteiger partial charge in [-0.05, 0) is 55.7 Å². The summed E-state index contributed by atoms with van der Waals surface area (Å²) in [5.41, 5.74) is 3.99. The number of methoxy groups -OCH3 is 1. The zero-order valence-electron chi connectivity index (χ0n) is 13.6. The topological polar surface area (TPSA) is 49.7 Å². The van der Waals surface area contributed by atoms with Crippen molar-refractivity contribution < 1.29 is 14.9 Å². The van der Waals surface area contributed by atoms with Gasteiger partial charge in [0.15, 0.2) is 11.5 Å². The molecule has 3 nitrogen and oxygen atoms in total. The number of aromatic hydroxyl groups is 2. The molecule has 0 unspecified atom stereocenters. The molecule has 0 bridgehead atoms. The van der Waals surface area contributed by atoms with Crippen molar-refractivity contribution in [1.82, 2.24) is 0 Å². The van der Waals surface area contributed by atoms with Gasteiger partial charge >= 0.3 is 0 Å². The zero-order valence-corrected chi connectivity index (χ0v) is 13.6. The van der Waals surface area contributed by atoms with Gasteiger partial charge in [-0.2, -0.15) is 0 Å². The van der Waals surface area contributed by atoms with Crippen LogP contribution in [0.4, 0.5) is 0 Å². The van der Waals surface area contributed by atoms with E-state index in [0.29, 0.717) is 16.9 Å². The standard InChI is InChI=1S/C16H18O3.C2H6/c1-9-5-11(3)15(17)12(6-9)13-7-10(2)8-14(19-4)16(13)18;1-2/h5-8,17-18H,1-4H3;1-2H3. The molecule has 0 aliphatic carbocycles. The van der Waals surface area contributed by atoms with Gasteiger partial charge in [-0.3, -0.25) is 0 Å². The van der Waals surface area contributed by atoms with Crippen LogP contribution >= 0.6 is 0 Å². The summed E-state index contributed by atoms with van der Waals surface area (Å²) in [6, 6.07) is 7.36. The van der Waals surface area contributed by atoms with Gasteiger partial charge in [-0.25, -0.2) is 0 Å². The number of phenols is 2. The Labute approximate surface area is 126 Å². The Morgan fingerprint density at radius 1 is 0.762 bits per heavy atom. The molecule has 0 aliphatic heterocycles. The second-order valence-electron chi connectivity index (χ2n) is 4.84. The molecule has 2 aromatic carbocycles. The van der Waals surface area contributed by atoms with Gasteiger partial charge in [0.05, 0.1) is 7.11 Å². The summed E-state index contributed by atoms with van der Waals surface area (Å²) in [6.07, 6.45) is 0. The third-order valence-corrected chi connectivity index (χ3v) is 3.17. The summed E-state index contributed by atoms with van der Waals surface area (Å²) >= 11 is 0. The van der Waals surface area contributed by atoms with Crippen molar-refractivity contribution in [2.45, 2.75) is 34.6 Å². The number of aryl methyl sites for hydroxylation is 3. The van der Waals surface area contributed by atoms with E-state index in [4.69, 9.17) is 4.74 Å². The molecule has 2 N–H and O–H groups in total. The van der Waals surface area contributed by atoms with Gasteiger partial charge in [-0.1, -0.05) is 19.9 Å². The van der Waals surface area contributed by atoms with Gasteiger partial charge in [-0.15, -0.1) is 0 Å². The fourth-order valence-electron chi connectivity index (χ4n) is 2.27. The van der Waals surface area contributed by atoms with E-state index in [0.717, 1.165) is 16.7 Å². The molecule has 3 heteroatoms. The molecule has 114 valence electrons. The Hall–Kier alpha value is -2.16. The quantitative estimate of drug-likeness (QED) is 0.840.